The van der Waals surface area contributed by atoms with Crippen LogP contribution in [0.4, 0.5) is 0 Å². The van der Waals surface area contributed by atoms with Gasteiger partial charge in [-0.25, -0.2) is 0 Å². The van der Waals surface area contributed by atoms with Gasteiger partial charge >= 0.3 is 0 Å². The highest BCUT2D eigenvalue weighted by Gasteiger charge is 2.14. The zero-order valence-electron chi connectivity index (χ0n) is 8.56. The molecule has 0 rings (SSSR count). The first kappa shape index (κ1) is 13.5. The van der Waals surface area contributed by atoms with Gasteiger partial charge in [0.15, 0.2) is 5.78 Å². The van der Waals surface area contributed by atoms with Gasteiger partial charge in [-0.2, -0.15) is 0 Å². The van der Waals surface area contributed by atoms with Crippen molar-refractivity contribution in [3.8, 4) is 0 Å². The predicted octanol–water partition coefficient (Wildman–Crippen LogP) is -2.53. The van der Waals surface area contributed by atoms with Crippen molar-refractivity contribution in [1.29, 1.82) is 0 Å². The second-order valence-electron chi connectivity index (χ2n) is 3.05. The normalized spacial score (nSPS) is 10.3. The first-order valence-electron chi connectivity index (χ1n) is 4.25. The summed E-state index contributed by atoms with van der Waals surface area (Å²) in [6, 6.07) is 0. The Labute approximate surface area is 87.3 Å². The molecule has 0 aromatic rings. The molecule has 0 aliphatic rings. The quantitative estimate of drug-likeness (QED) is 0.465. The number of nitrogens with two attached hydrogens (primary N) is 2. The monoisotopic (exact) mass is 217 g/mol. The standard InChI is InChI=1S/C8H15N3O4/c1-15-5-6(12)2-11(3-7(9)13)4-8(10)14/h2-5H2,1H3,(H2,9,13)(H2,10,14). The fourth-order valence-electron chi connectivity index (χ4n) is 1.06. The van der Waals surface area contributed by atoms with Crippen molar-refractivity contribution in [2.45, 2.75) is 0 Å². The Balaban J connectivity index is 4.16. The number of carbonyl (C=O) groups excluding carboxylic acids is 3. The van der Waals surface area contributed by atoms with Gasteiger partial charge in [-0.1, -0.05) is 0 Å². The molecule has 7 heteroatoms. The smallest absolute Gasteiger partial charge is 0.231 e. The molecule has 0 unspecified atom stereocenters. The van der Waals surface area contributed by atoms with Crippen LogP contribution in [-0.4, -0.2) is 55.8 Å². The summed E-state index contributed by atoms with van der Waals surface area (Å²) in [6.07, 6.45) is 0. The Morgan fingerprint density at radius 1 is 1.07 bits per heavy atom. The Kier molecular flexibility index (Phi) is 6.23. The van der Waals surface area contributed by atoms with Crippen molar-refractivity contribution in [2.75, 3.05) is 33.4 Å². The largest absolute Gasteiger partial charge is 0.377 e. The van der Waals surface area contributed by atoms with Gasteiger partial charge < -0.3 is 16.2 Å². The number of carbonyl (C=O) groups is 3. The van der Waals surface area contributed by atoms with E-state index in [1.165, 1.54) is 12.0 Å². The third-order valence-electron chi connectivity index (χ3n) is 1.46. The Morgan fingerprint density at radius 2 is 1.53 bits per heavy atom. The fraction of sp³-hybridized carbons (Fsp3) is 0.625. The lowest BCUT2D eigenvalue weighted by molar-refractivity contribution is -0.126. The number of Topliss-reactive ketones (excluding diaryl/α,β-unsaturated/α-hetero) is 1. The molecule has 86 valence electrons. The number of rotatable bonds is 8. The zero-order chi connectivity index (χ0) is 11.8. The van der Waals surface area contributed by atoms with Gasteiger partial charge in [0.1, 0.15) is 6.61 Å². The summed E-state index contributed by atoms with van der Waals surface area (Å²) < 4.78 is 4.61. The Bertz CT molecular complexity index is 238. The molecule has 4 N–H and O–H groups in total. The van der Waals surface area contributed by atoms with E-state index in [2.05, 4.69) is 4.74 Å². The van der Waals surface area contributed by atoms with E-state index >= 15 is 0 Å². The molecule has 7 nitrogen and oxygen atoms in total. The topological polar surface area (TPSA) is 116 Å². The molecule has 0 saturated heterocycles. The van der Waals surface area contributed by atoms with Crippen molar-refractivity contribution in [2.24, 2.45) is 11.5 Å². The number of methoxy groups -OCH3 is 1. The average Bonchev–Trinajstić information content (AvgIpc) is 2.00. The summed E-state index contributed by atoms with van der Waals surface area (Å²) in [7, 11) is 1.38. The molecule has 0 aromatic carbocycles. The van der Waals surface area contributed by atoms with E-state index in [-0.39, 0.29) is 32.0 Å². The highest BCUT2D eigenvalue weighted by atomic mass is 16.5. The predicted molar refractivity (Wildman–Crippen MR) is 51.7 cm³/mol. The van der Waals surface area contributed by atoms with Gasteiger partial charge in [0.05, 0.1) is 19.6 Å². The van der Waals surface area contributed by atoms with Gasteiger partial charge in [-0.3, -0.25) is 19.3 Å². The summed E-state index contributed by atoms with van der Waals surface area (Å²) in [4.78, 5) is 33.6. The van der Waals surface area contributed by atoms with E-state index < -0.39 is 11.8 Å². The van der Waals surface area contributed by atoms with E-state index in [0.29, 0.717) is 0 Å². The summed E-state index contributed by atoms with van der Waals surface area (Å²) >= 11 is 0. The first-order valence-corrected chi connectivity index (χ1v) is 4.25. The van der Waals surface area contributed by atoms with Crippen LogP contribution in [0.5, 0.6) is 0 Å². The maximum absolute atomic E-state index is 11.1. The van der Waals surface area contributed by atoms with E-state index in [9.17, 15) is 14.4 Å². The minimum Gasteiger partial charge on any atom is -0.377 e. The molecule has 0 spiro atoms. The minimum atomic E-state index is -0.624. The van der Waals surface area contributed by atoms with E-state index in [1.807, 2.05) is 0 Å². The van der Waals surface area contributed by atoms with E-state index in [0.717, 1.165) is 0 Å². The highest BCUT2D eigenvalue weighted by molar-refractivity contribution is 5.84. The molecule has 0 saturated carbocycles. The summed E-state index contributed by atoms with van der Waals surface area (Å²) in [5.74, 6) is -1.50. The molecular formula is C8H15N3O4. The zero-order valence-corrected chi connectivity index (χ0v) is 8.56. The molecule has 0 bridgehead atoms. The molecule has 0 fully saturated rings. The number of primary amides is 2. The van der Waals surface area contributed by atoms with Crippen molar-refractivity contribution in [1.82, 2.24) is 4.90 Å². The van der Waals surface area contributed by atoms with Crippen LogP contribution >= 0.6 is 0 Å². The highest BCUT2D eigenvalue weighted by Crippen LogP contribution is 1.88. The van der Waals surface area contributed by atoms with Crippen LogP contribution in [0.2, 0.25) is 0 Å². The van der Waals surface area contributed by atoms with Crippen molar-refractivity contribution < 1.29 is 19.1 Å². The summed E-state index contributed by atoms with van der Waals surface area (Å²) in [6.45, 7) is -0.523. The fourth-order valence-corrected chi connectivity index (χ4v) is 1.06. The molecule has 0 aliphatic carbocycles. The summed E-state index contributed by atoms with van der Waals surface area (Å²) in [5, 5.41) is 0. The van der Waals surface area contributed by atoms with Crippen molar-refractivity contribution in [3.05, 3.63) is 0 Å². The van der Waals surface area contributed by atoms with Gasteiger partial charge in [0.25, 0.3) is 0 Å². The summed E-state index contributed by atoms with van der Waals surface area (Å²) in [5.41, 5.74) is 9.89. The van der Waals surface area contributed by atoms with Crippen LogP contribution in [0.25, 0.3) is 0 Å². The van der Waals surface area contributed by atoms with Gasteiger partial charge in [0, 0.05) is 7.11 Å². The third-order valence-corrected chi connectivity index (χ3v) is 1.46. The second kappa shape index (κ2) is 6.91. The number of hydrogen-bond donors (Lipinski definition) is 2. The van der Waals surface area contributed by atoms with Gasteiger partial charge in [-0.05, 0) is 0 Å². The lowest BCUT2D eigenvalue weighted by Gasteiger charge is -2.17. The Hall–Kier alpha value is -1.47. The number of ketones is 1. The Morgan fingerprint density at radius 3 is 1.87 bits per heavy atom. The molecule has 15 heavy (non-hydrogen) atoms. The number of hydrogen-bond acceptors (Lipinski definition) is 5. The molecule has 0 aromatic heterocycles. The number of ether oxygens (including phenoxy) is 1. The molecule has 0 aliphatic heterocycles. The molecule has 2 amide bonds. The first-order chi connectivity index (χ1) is 6.95. The minimum absolute atomic E-state index is 0.0754. The molecule has 0 atom stereocenters. The SMILES string of the molecule is COCC(=O)CN(CC(N)=O)CC(N)=O. The average molecular weight is 217 g/mol. The van der Waals surface area contributed by atoms with Crippen LogP contribution < -0.4 is 11.5 Å². The third kappa shape index (κ3) is 7.59. The van der Waals surface area contributed by atoms with Crippen LogP contribution in [0.1, 0.15) is 0 Å². The van der Waals surface area contributed by atoms with Crippen molar-refractivity contribution in [3.63, 3.8) is 0 Å². The van der Waals surface area contributed by atoms with E-state index in [1.54, 1.807) is 0 Å². The maximum atomic E-state index is 11.1. The van der Waals surface area contributed by atoms with Crippen LogP contribution in [0.3, 0.4) is 0 Å². The lowest BCUT2D eigenvalue weighted by Crippen LogP contribution is -2.42. The van der Waals surface area contributed by atoms with Crippen molar-refractivity contribution >= 4 is 17.6 Å². The molecule has 0 heterocycles. The lowest BCUT2D eigenvalue weighted by atomic mass is 10.3. The van der Waals surface area contributed by atoms with Gasteiger partial charge in [-0.15, -0.1) is 0 Å². The maximum Gasteiger partial charge on any atom is 0.231 e. The van der Waals surface area contributed by atoms with E-state index in [4.69, 9.17) is 11.5 Å². The molecular weight excluding hydrogens is 202 g/mol. The number of amides is 2. The second-order valence-corrected chi connectivity index (χ2v) is 3.05. The molecule has 0 radical (unpaired) electrons. The van der Waals surface area contributed by atoms with Crippen LogP contribution in [0.15, 0.2) is 0 Å². The van der Waals surface area contributed by atoms with Gasteiger partial charge in [0.2, 0.25) is 11.8 Å². The number of nitrogens with zero attached hydrogens (tertiary/aromatic N) is 1. The van der Waals surface area contributed by atoms with Crippen LogP contribution in [0, 0.1) is 0 Å². The van der Waals surface area contributed by atoms with Crippen LogP contribution in [-0.2, 0) is 19.1 Å².